The van der Waals surface area contributed by atoms with Crippen LogP contribution in [0.1, 0.15) is 24.2 Å². The Hall–Kier alpha value is -2.20. The Balaban J connectivity index is 2.08. The first-order chi connectivity index (χ1) is 10.2. The second-order valence-corrected chi connectivity index (χ2v) is 4.79. The van der Waals surface area contributed by atoms with Gasteiger partial charge in [0.2, 0.25) is 0 Å². The second kappa shape index (κ2) is 6.99. The summed E-state index contributed by atoms with van der Waals surface area (Å²) < 4.78 is 11.0. The van der Waals surface area contributed by atoms with Gasteiger partial charge in [-0.05, 0) is 30.2 Å². The van der Waals surface area contributed by atoms with Gasteiger partial charge in [-0.25, -0.2) is 0 Å². The highest BCUT2D eigenvalue weighted by Crippen LogP contribution is 2.29. The Bertz CT molecular complexity index is 598. The van der Waals surface area contributed by atoms with Gasteiger partial charge in [-0.15, -0.1) is 0 Å². The molecule has 0 bridgehead atoms. The average molecular weight is 287 g/mol. The maximum atomic E-state index is 10.2. The van der Waals surface area contributed by atoms with E-state index in [4.69, 9.17) is 15.2 Å². The molecule has 0 aliphatic rings. The van der Waals surface area contributed by atoms with Gasteiger partial charge < -0.3 is 20.3 Å². The Kier molecular flexibility index (Phi) is 5.06. The summed E-state index contributed by atoms with van der Waals surface area (Å²) in [6.07, 6.45) is 0.154. The zero-order valence-electron chi connectivity index (χ0n) is 12.4. The van der Waals surface area contributed by atoms with Crippen LogP contribution < -0.4 is 15.2 Å². The first-order valence-electron chi connectivity index (χ1n) is 6.98. The van der Waals surface area contributed by atoms with Gasteiger partial charge in [-0.1, -0.05) is 31.2 Å². The third-order valence-electron chi connectivity index (χ3n) is 3.39. The minimum absolute atomic E-state index is 0.121. The van der Waals surface area contributed by atoms with E-state index in [1.54, 1.807) is 19.2 Å². The van der Waals surface area contributed by atoms with Crippen LogP contribution in [0.5, 0.6) is 11.5 Å². The SMILES string of the molecule is CCc1ccc(OCC(O)c2ccccc2N)c(OC)c1. The molecule has 112 valence electrons. The van der Waals surface area contributed by atoms with E-state index in [1.165, 1.54) is 5.56 Å². The molecule has 0 aliphatic carbocycles. The number of aryl methyl sites for hydroxylation is 1. The number of benzene rings is 2. The summed E-state index contributed by atoms with van der Waals surface area (Å²) in [7, 11) is 1.60. The van der Waals surface area contributed by atoms with Crippen LogP contribution >= 0.6 is 0 Å². The fraction of sp³-hybridized carbons (Fsp3) is 0.294. The zero-order chi connectivity index (χ0) is 15.2. The van der Waals surface area contributed by atoms with Crippen molar-refractivity contribution in [3.63, 3.8) is 0 Å². The fourth-order valence-electron chi connectivity index (χ4n) is 2.12. The van der Waals surface area contributed by atoms with Crippen molar-refractivity contribution in [3.8, 4) is 11.5 Å². The zero-order valence-corrected chi connectivity index (χ0v) is 12.4. The predicted octanol–water partition coefficient (Wildman–Crippen LogP) is 2.95. The van der Waals surface area contributed by atoms with Crippen LogP contribution in [-0.4, -0.2) is 18.8 Å². The smallest absolute Gasteiger partial charge is 0.161 e. The maximum absolute atomic E-state index is 10.2. The molecule has 0 saturated heterocycles. The minimum Gasteiger partial charge on any atom is -0.493 e. The van der Waals surface area contributed by atoms with Crippen LogP contribution in [0, 0.1) is 0 Å². The minimum atomic E-state index is -0.776. The van der Waals surface area contributed by atoms with Crippen LogP contribution in [0.3, 0.4) is 0 Å². The number of aliphatic hydroxyl groups is 1. The summed E-state index contributed by atoms with van der Waals surface area (Å²) in [5.74, 6) is 1.28. The van der Waals surface area contributed by atoms with Gasteiger partial charge in [0.1, 0.15) is 12.7 Å². The maximum Gasteiger partial charge on any atom is 0.161 e. The topological polar surface area (TPSA) is 64.7 Å². The summed E-state index contributed by atoms with van der Waals surface area (Å²) in [4.78, 5) is 0. The molecule has 0 aliphatic heterocycles. The molecule has 21 heavy (non-hydrogen) atoms. The van der Waals surface area contributed by atoms with E-state index >= 15 is 0 Å². The van der Waals surface area contributed by atoms with Gasteiger partial charge >= 0.3 is 0 Å². The number of anilines is 1. The molecule has 2 aromatic carbocycles. The lowest BCUT2D eigenvalue weighted by atomic mass is 10.1. The molecule has 1 atom stereocenters. The third-order valence-corrected chi connectivity index (χ3v) is 3.39. The molecular weight excluding hydrogens is 266 g/mol. The molecule has 4 heteroatoms. The van der Waals surface area contributed by atoms with Crippen molar-refractivity contribution in [3.05, 3.63) is 53.6 Å². The number of ether oxygens (including phenoxy) is 2. The van der Waals surface area contributed by atoms with Crippen molar-refractivity contribution >= 4 is 5.69 Å². The van der Waals surface area contributed by atoms with Crippen molar-refractivity contribution in [1.82, 2.24) is 0 Å². The van der Waals surface area contributed by atoms with Gasteiger partial charge in [0.05, 0.1) is 7.11 Å². The van der Waals surface area contributed by atoms with E-state index in [2.05, 4.69) is 6.92 Å². The lowest BCUT2D eigenvalue weighted by molar-refractivity contribution is 0.107. The number of methoxy groups -OCH3 is 1. The lowest BCUT2D eigenvalue weighted by Gasteiger charge is -2.16. The molecule has 0 aromatic heterocycles. The Morgan fingerprint density at radius 3 is 2.57 bits per heavy atom. The van der Waals surface area contributed by atoms with Gasteiger partial charge in [0.15, 0.2) is 11.5 Å². The first-order valence-corrected chi connectivity index (χ1v) is 6.98. The molecule has 0 heterocycles. The normalized spacial score (nSPS) is 12.0. The van der Waals surface area contributed by atoms with Gasteiger partial charge in [0.25, 0.3) is 0 Å². The van der Waals surface area contributed by atoms with Crippen molar-refractivity contribution in [2.75, 3.05) is 19.5 Å². The number of hydrogen-bond acceptors (Lipinski definition) is 4. The molecule has 4 nitrogen and oxygen atoms in total. The van der Waals surface area contributed by atoms with Gasteiger partial charge in [-0.3, -0.25) is 0 Å². The number of nitrogen functional groups attached to an aromatic ring is 1. The lowest BCUT2D eigenvalue weighted by Crippen LogP contribution is -2.12. The Morgan fingerprint density at radius 2 is 1.90 bits per heavy atom. The predicted molar refractivity (Wildman–Crippen MR) is 83.7 cm³/mol. The van der Waals surface area contributed by atoms with E-state index < -0.39 is 6.10 Å². The number of aliphatic hydroxyl groups excluding tert-OH is 1. The van der Waals surface area contributed by atoms with E-state index in [1.807, 2.05) is 30.3 Å². The van der Waals surface area contributed by atoms with Crippen LogP contribution in [0.25, 0.3) is 0 Å². The van der Waals surface area contributed by atoms with Crippen LogP contribution in [-0.2, 0) is 6.42 Å². The highest BCUT2D eigenvalue weighted by atomic mass is 16.5. The molecule has 0 spiro atoms. The second-order valence-electron chi connectivity index (χ2n) is 4.79. The molecule has 3 N–H and O–H groups in total. The van der Waals surface area contributed by atoms with Crippen LogP contribution in [0.15, 0.2) is 42.5 Å². The Labute approximate surface area is 125 Å². The summed E-state index contributed by atoms with van der Waals surface area (Å²) in [5, 5.41) is 10.2. The monoisotopic (exact) mass is 287 g/mol. The largest absolute Gasteiger partial charge is 0.493 e. The highest BCUT2D eigenvalue weighted by Gasteiger charge is 2.13. The molecule has 2 aromatic rings. The standard InChI is InChI=1S/C17H21NO3/c1-3-12-8-9-16(17(10-12)20-2)21-11-15(19)13-6-4-5-7-14(13)18/h4-10,15,19H,3,11,18H2,1-2H3. The number of hydrogen-bond donors (Lipinski definition) is 2. The third kappa shape index (κ3) is 3.67. The number of nitrogens with two attached hydrogens (primary N) is 1. The van der Waals surface area contributed by atoms with Crippen LogP contribution in [0.4, 0.5) is 5.69 Å². The highest BCUT2D eigenvalue weighted by molar-refractivity contribution is 5.48. The number of rotatable bonds is 6. The molecule has 0 saturated carbocycles. The van der Waals surface area contributed by atoms with E-state index in [9.17, 15) is 5.11 Å². The van der Waals surface area contributed by atoms with Crippen LogP contribution in [0.2, 0.25) is 0 Å². The molecule has 0 amide bonds. The molecule has 2 rings (SSSR count). The molecule has 1 unspecified atom stereocenters. The average Bonchev–Trinajstić information content (AvgIpc) is 2.52. The first kappa shape index (κ1) is 15.2. The van der Waals surface area contributed by atoms with E-state index in [0.717, 1.165) is 6.42 Å². The van der Waals surface area contributed by atoms with Gasteiger partial charge in [-0.2, -0.15) is 0 Å². The van der Waals surface area contributed by atoms with Crippen molar-refractivity contribution in [2.24, 2.45) is 0 Å². The summed E-state index contributed by atoms with van der Waals surface area (Å²) in [6, 6.07) is 13.0. The molecule has 0 radical (unpaired) electrons. The fourth-order valence-corrected chi connectivity index (χ4v) is 2.12. The van der Waals surface area contributed by atoms with Crippen molar-refractivity contribution < 1.29 is 14.6 Å². The summed E-state index contributed by atoms with van der Waals surface area (Å²) in [5.41, 5.74) is 8.24. The van der Waals surface area contributed by atoms with Crippen molar-refractivity contribution in [2.45, 2.75) is 19.4 Å². The summed E-state index contributed by atoms with van der Waals surface area (Å²) in [6.45, 7) is 2.20. The quantitative estimate of drug-likeness (QED) is 0.802. The summed E-state index contributed by atoms with van der Waals surface area (Å²) >= 11 is 0. The molecular formula is C17H21NO3. The van der Waals surface area contributed by atoms with Crippen molar-refractivity contribution in [1.29, 1.82) is 0 Å². The molecule has 0 fully saturated rings. The number of para-hydroxylation sites is 1. The van der Waals surface area contributed by atoms with E-state index in [-0.39, 0.29) is 6.61 Å². The van der Waals surface area contributed by atoms with Gasteiger partial charge in [0, 0.05) is 11.3 Å². The Morgan fingerprint density at radius 1 is 1.14 bits per heavy atom. The van der Waals surface area contributed by atoms with E-state index in [0.29, 0.717) is 22.7 Å².